The van der Waals surface area contributed by atoms with E-state index in [9.17, 15) is 0 Å². The fourth-order valence-electron chi connectivity index (χ4n) is 1.98. The quantitative estimate of drug-likeness (QED) is 0.894. The number of thiazole rings is 1. The number of hydrogen-bond donors (Lipinski definition) is 1. The van der Waals surface area contributed by atoms with Gasteiger partial charge in [-0.1, -0.05) is 38.1 Å². The van der Waals surface area contributed by atoms with Gasteiger partial charge in [-0.2, -0.15) is 0 Å². The van der Waals surface area contributed by atoms with Crippen LogP contribution in [0.1, 0.15) is 29.3 Å². The highest BCUT2D eigenvalue weighted by molar-refractivity contribution is 7.12. The predicted octanol–water partition coefficient (Wildman–Crippen LogP) is 3.44. The average Bonchev–Trinajstić information content (AvgIpc) is 2.82. The molecular formula is C15H20N2S. The minimum atomic E-state index is 0.686. The number of aryl methyl sites for hydroxylation is 2. The van der Waals surface area contributed by atoms with Crippen LogP contribution in [-0.2, 0) is 19.3 Å². The Morgan fingerprint density at radius 2 is 1.83 bits per heavy atom. The SMILES string of the molecule is CCc1ccc(-c2nc(CC)sc2CCN)cc1. The Hall–Kier alpha value is -1.19. The fraction of sp³-hybridized carbons (Fsp3) is 0.400. The fourth-order valence-corrected chi connectivity index (χ4v) is 3.02. The van der Waals surface area contributed by atoms with Crippen LogP contribution in [0.25, 0.3) is 11.3 Å². The summed E-state index contributed by atoms with van der Waals surface area (Å²) in [5, 5.41) is 1.20. The van der Waals surface area contributed by atoms with Gasteiger partial charge in [-0.05, 0) is 31.4 Å². The van der Waals surface area contributed by atoms with Gasteiger partial charge in [-0.15, -0.1) is 11.3 Å². The zero-order chi connectivity index (χ0) is 13.0. The van der Waals surface area contributed by atoms with Gasteiger partial charge < -0.3 is 5.73 Å². The molecule has 1 heterocycles. The molecular weight excluding hydrogens is 240 g/mol. The van der Waals surface area contributed by atoms with Crippen LogP contribution in [0.4, 0.5) is 0 Å². The van der Waals surface area contributed by atoms with E-state index in [1.54, 1.807) is 11.3 Å². The van der Waals surface area contributed by atoms with Gasteiger partial charge in [0.05, 0.1) is 10.7 Å². The smallest absolute Gasteiger partial charge is 0.0932 e. The highest BCUT2D eigenvalue weighted by Crippen LogP contribution is 2.29. The van der Waals surface area contributed by atoms with Crippen molar-refractivity contribution in [3.63, 3.8) is 0 Å². The Bertz CT molecular complexity index is 500. The van der Waals surface area contributed by atoms with Crippen LogP contribution in [0, 0.1) is 0 Å². The van der Waals surface area contributed by atoms with Gasteiger partial charge in [0.15, 0.2) is 0 Å². The van der Waals surface area contributed by atoms with Gasteiger partial charge in [-0.3, -0.25) is 0 Å². The van der Waals surface area contributed by atoms with Crippen molar-refractivity contribution in [1.82, 2.24) is 4.98 Å². The van der Waals surface area contributed by atoms with Crippen LogP contribution in [0.15, 0.2) is 24.3 Å². The van der Waals surface area contributed by atoms with Crippen molar-refractivity contribution in [1.29, 1.82) is 0 Å². The van der Waals surface area contributed by atoms with E-state index in [1.165, 1.54) is 21.0 Å². The molecule has 0 saturated heterocycles. The van der Waals surface area contributed by atoms with E-state index in [4.69, 9.17) is 10.7 Å². The first kappa shape index (κ1) is 13.2. The molecule has 18 heavy (non-hydrogen) atoms. The normalized spacial score (nSPS) is 10.8. The number of aromatic nitrogens is 1. The van der Waals surface area contributed by atoms with E-state index in [0.29, 0.717) is 6.54 Å². The second-order valence-electron chi connectivity index (χ2n) is 4.32. The van der Waals surface area contributed by atoms with Crippen molar-refractivity contribution in [2.45, 2.75) is 33.1 Å². The highest BCUT2D eigenvalue weighted by Gasteiger charge is 2.11. The summed E-state index contributed by atoms with van der Waals surface area (Å²) in [5.41, 5.74) is 9.39. The molecule has 0 amide bonds. The predicted molar refractivity (Wildman–Crippen MR) is 79.1 cm³/mol. The summed E-state index contributed by atoms with van der Waals surface area (Å²) in [6.45, 7) is 5.01. The van der Waals surface area contributed by atoms with E-state index in [-0.39, 0.29) is 0 Å². The van der Waals surface area contributed by atoms with Gasteiger partial charge in [0.25, 0.3) is 0 Å². The second-order valence-corrected chi connectivity index (χ2v) is 5.49. The second kappa shape index (κ2) is 6.12. The molecule has 1 aromatic heterocycles. The van der Waals surface area contributed by atoms with Crippen LogP contribution in [0.2, 0.25) is 0 Å². The molecule has 96 valence electrons. The van der Waals surface area contributed by atoms with Gasteiger partial charge in [0.1, 0.15) is 0 Å². The molecule has 0 atom stereocenters. The molecule has 1 aromatic carbocycles. The van der Waals surface area contributed by atoms with Crippen LogP contribution in [0.3, 0.4) is 0 Å². The molecule has 0 radical (unpaired) electrons. The van der Waals surface area contributed by atoms with E-state index >= 15 is 0 Å². The maximum absolute atomic E-state index is 5.68. The van der Waals surface area contributed by atoms with E-state index in [2.05, 4.69) is 38.1 Å². The molecule has 0 aliphatic carbocycles. The molecule has 3 heteroatoms. The number of rotatable bonds is 5. The van der Waals surface area contributed by atoms with Gasteiger partial charge >= 0.3 is 0 Å². The van der Waals surface area contributed by atoms with Crippen molar-refractivity contribution in [3.8, 4) is 11.3 Å². The standard InChI is InChI=1S/C15H20N2S/c1-3-11-5-7-12(8-6-11)15-13(9-10-16)18-14(4-2)17-15/h5-8H,3-4,9-10,16H2,1-2H3. The third-order valence-corrected chi connectivity index (χ3v) is 4.31. The first-order valence-corrected chi connectivity index (χ1v) is 7.38. The lowest BCUT2D eigenvalue weighted by molar-refractivity contribution is 0.984. The maximum atomic E-state index is 5.68. The summed E-state index contributed by atoms with van der Waals surface area (Å²) in [4.78, 5) is 6.05. The first-order valence-electron chi connectivity index (χ1n) is 6.56. The number of hydrogen-bond acceptors (Lipinski definition) is 3. The third-order valence-electron chi connectivity index (χ3n) is 3.05. The Morgan fingerprint density at radius 1 is 1.11 bits per heavy atom. The zero-order valence-corrected chi connectivity index (χ0v) is 11.9. The molecule has 2 N–H and O–H groups in total. The van der Waals surface area contributed by atoms with Crippen molar-refractivity contribution in [2.75, 3.05) is 6.54 Å². The minimum Gasteiger partial charge on any atom is -0.330 e. The summed E-state index contributed by atoms with van der Waals surface area (Å²) in [7, 11) is 0. The molecule has 2 aromatic rings. The molecule has 2 rings (SSSR count). The molecule has 0 aliphatic rings. The number of nitrogens with two attached hydrogens (primary N) is 1. The van der Waals surface area contributed by atoms with Crippen molar-refractivity contribution >= 4 is 11.3 Å². The molecule has 0 fully saturated rings. The maximum Gasteiger partial charge on any atom is 0.0932 e. The van der Waals surface area contributed by atoms with Gasteiger partial charge in [-0.25, -0.2) is 4.98 Å². The van der Waals surface area contributed by atoms with Gasteiger partial charge in [0.2, 0.25) is 0 Å². The summed E-state index contributed by atoms with van der Waals surface area (Å²) in [6, 6.07) is 8.72. The van der Waals surface area contributed by atoms with Gasteiger partial charge in [0, 0.05) is 10.4 Å². The molecule has 2 nitrogen and oxygen atoms in total. The Kier molecular flexibility index (Phi) is 4.50. The minimum absolute atomic E-state index is 0.686. The molecule has 0 spiro atoms. The van der Waals surface area contributed by atoms with Crippen molar-refractivity contribution in [2.24, 2.45) is 5.73 Å². The summed E-state index contributed by atoms with van der Waals surface area (Å²) in [6.07, 6.45) is 2.99. The van der Waals surface area contributed by atoms with E-state index < -0.39 is 0 Å². The lowest BCUT2D eigenvalue weighted by atomic mass is 10.1. The summed E-state index contributed by atoms with van der Waals surface area (Å²) < 4.78 is 0. The zero-order valence-electron chi connectivity index (χ0n) is 11.1. The van der Waals surface area contributed by atoms with Crippen molar-refractivity contribution in [3.05, 3.63) is 39.7 Å². The lowest BCUT2D eigenvalue weighted by Gasteiger charge is -2.02. The average molecular weight is 260 g/mol. The Balaban J connectivity index is 2.37. The highest BCUT2D eigenvalue weighted by atomic mass is 32.1. The van der Waals surface area contributed by atoms with Crippen LogP contribution < -0.4 is 5.73 Å². The number of benzene rings is 1. The Labute approximate surface area is 113 Å². The van der Waals surface area contributed by atoms with Crippen LogP contribution in [0.5, 0.6) is 0 Å². The number of nitrogens with zero attached hydrogens (tertiary/aromatic N) is 1. The lowest BCUT2D eigenvalue weighted by Crippen LogP contribution is -2.02. The Morgan fingerprint density at radius 3 is 2.39 bits per heavy atom. The third kappa shape index (κ3) is 2.79. The van der Waals surface area contributed by atoms with E-state index in [0.717, 1.165) is 25.0 Å². The summed E-state index contributed by atoms with van der Waals surface area (Å²) >= 11 is 1.80. The topological polar surface area (TPSA) is 38.9 Å². The van der Waals surface area contributed by atoms with E-state index in [1.807, 2.05) is 0 Å². The monoisotopic (exact) mass is 260 g/mol. The molecule has 0 bridgehead atoms. The van der Waals surface area contributed by atoms with Crippen LogP contribution in [-0.4, -0.2) is 11.5 Å². The molecule has 0 aliphatic heterocycles. The summed E-state index contributed by atoms with van der Waals surface area (Å²) in [5.74, 6) is 0. The molecule has 0 unspecified atom stereocenters. The first-order chi connectivity index (χ1) is 8.78. The molecule has 0 saturated carbocycles. The largest absolute Gasteiger partial charge is 0.330 e. The van der Waals surface area contributed by atoms with Crippen LogP contribution >= 0.6 is 11.3 Å². The van der Waals surface area contributed by atoms with Crippen molar-refractivity contribution < 1.29 is 0 Å².